The predicted octanol–water partition coefficient (Wildman–Crippen LogP) is 4.10. The molecular weight excluding hydrogens is 715 g/mol. The Bertz CT molecular complexity index is 1790. The fourth-order valence-electron chi connectivity index (χ4n) is 4.81. The molecule has 0 fully saturated rings. The van der Waals surface area contributed by atoms with E-state index >= 15 is 0 Å². The molecule has 4 aromatic rings. The third kappa shape index (κ3) is 13.2. The van der Waals surface area contributed by atoms with E-state index in [2.05, 4.69) is 14.2 Å². The second-order valence-corrected chi connectivity index (χ2v) is 17.2. The lowest BCUT2D eigenvalue weighted by Gasteiger charge is -2.13. The van der Waals surface area contributed by atoms with Crippen LogP contribution in [0.25, 0.3) is 0 Å². The van der Waals surface area contributed by atoms with Crippen molar-refractivity contribution < 1.29 is 39.5 Å². The van der Waals surface area contributed by atoms with Gasteiger partial charge in [-0.25, -0.2) is 39.4 Å². The van der Waals surface area contributed by atoms with Crippen molar-refractivity contribution in [2.45, 2.75) is 55.3 Å². The van der Waals surface area contributed by atoms with Crippen LogP contribution in [0.15, 0.2) is 106 Å². The first-order valence-corrected chi connectivity index (χ1v) is 20.7. The summed E-state index contributed by atoms with van der Waals surface area (Å²) in [5, 5.41) is 0. The van der Waals surface area contributed by atoms with Gasteiger partial charge in [0.2, 0.25) is 30.1 Å². The molecule has 0 amide bonds. The summed E-state index contributed by atoms with van der Waals surface area (Å²) in [6, 6.07) is 25.3. The average Bonchev–Trinajstić information content (AvgIpc) is 3.08. The Balaban J connectivity index is 1.30. The monoisotopic (exact) mass is 759 g/mol. The van der Waals surface area contributed by atoms with Gasteiger partial charge in [-0.05, 0) is 73.9 Å². The Labute approximate surface area is 301 Å². The lowest BCUT2D eigenvalue weighted by atomic mass is 10.1. The number of nitrogens with one attached hydrogen (secondary N) is 3. The van der Waals surface area contributed by atoms with Crippen molar-refractivity contribution in [3.63, 3.8) is 0 Å². The molecule has 4 rings (SSSR count). The van der Waals surface area contributed by atoms with Gasteiger partial charge in [0.05, 0.1) is 54.3 Å². The van der Waals surface area contributed by atoms with Crippen molar-refractivity contribution >= 4 is 30.1 Å². The average molecular weight is 760 g/mol. The first-order valence-electron chi connectivity index (χ1n) is 16.3. The van der Waals surface area contributed by atoms with Gasteiger partial charge >= 0.3 is 0 Å². The van der Waals surface area contributed by atoms with E-state index in [1.165, 1.54) is 0 Å². The highest BCUT2D eigenvalue weighted by Crippen LogP contribution is 2.16. The first-order chi connectivity index (χ1) is 24.2. The Morgan fingerprint density at radius 1 is 0.412 bits per heavy atom. The molecule has 0 aliphatic carbocycles. The largest absolute Gasteiger partial charge is 0.375 e. The molecule has 276 valence electrons. The van der Waals surface area contributed by atoms with E-state index in [-0.39, 0.29) is 74.0 Å². The maximum Gasteiger partial charge on any atom is 0.240 e. The number of aryl methyl sites for hydroxylation is 3. The van der Waals surface area contributed by atoms with Crippen LogP contribution in [0.1, 0.15) is 33.4 Å². The van der Waals surface area contributed by atoms with E-state index in [0.717, 1.165) is 33.4 Å². The lowest BCUT2D eigenvalue weighted by Crippen LogP contribution is -2.27. The zero-order chi connectivity index (χ0) is 36.9. The lowest BCUT2D eigenvalue weighted by molar-refractivity contribution is 0.118. The highest BCUT2D eigenvalue weighted by molar-refractivity contribution is 7.90. The Morgan fingerprint density at radius 2 is 0.647 bits per heavy atom. The zero-order valence-electron chi connectivity index (χ0n) is 28.9. The van der Waals surface area contributed by atoms with Crippen molar-refractivity contribution in [3.05, 3.63) is 124 Å². The second kappa shape index (κ2) is 18.8. The number of ether oxygens (including phenoxy) is 3. The van der Waals surface area contributed by atoms with Gasteiger partial charge < -0.3 is 14.2 Å². The minimum Gasteiger partial charge on any atom is -0.375 e. The molecule has 0 spiro atoms. The summed E-state index contributed by atoms with van der Waals surface area (Å²) in [6.45, 7) is 6.78. The van der Waals surface area contributed by atoms with Gasteiger partial charge in [-0.15, -0.1) is 0 Å². The maximum absolute atomic E-state index is 12.6. The van der Waals surface area contributed by atoms with E-state index in [9.17, 15) is 25.3 Å². The molecule has 0 saturated carbocycles. The maximum atomic E-state index is 12.6. The summed E-state index contributed by atoms with van der Waals surface area (Å²) in [4.78, 5) is 0.532. The molecule has 51 heavy (non-hydrogen) atoms. The van der Waals surface area contributed by atoms with Crippen LogP contribution in [-0.2, 0) is 64.1 Å². The molecule has 15 heteroatoms. The van der Waals surface area contributed by atoms with Crippen LogP contribution in [0.3, 0.4) is 0 Å². The van der Waals surface area contributed by atoms with Gasteiger partial charge in [-0.2, -0.15) is 0 Å². The molecule has 3 N–H and O–H groups in total. The molecule has 4 aromatic carbocycles. The number of hydrogen-bond acceptors (Lipinski definition) is 9. The standard InChI is InChI=1S/C36H45N3O9S3/c1-28-4-10-34(11-5-28)49(40,41)37-16-19-46-25-31-22-32(26-47-20-17-38-50(42,43)35-12-6-29(2)7-13-35)24-33(23-31)27-48-21-18-39-51(44,45)36-14-8-30(3)9-15-36/h4-15,22-24,37-39H,16-21,25-27H2,1-3H3. The number of benzene rings is 4. The number of rotatable bonds is 21. The number of sulfonamides is 3. The molecule has 12 nitrogen and oxygen atoms in total. The summed E-state index contributed by atoms with van der Waals surface area (Å²) in [5.74, 6) is 0. The molecule has 0 aliphatic rings. The highest BCUT2D eigenvalue weighted by Gasteiger charge is 2.15. The molecule has 0 aliphatic heterocycles. The molecule has 0 radical (unpaired) electrons. The predicted molar refractivity (Wildman–Crippen MR) is 195 cm³/mol. The minimum atomic E-state index is -3.67. The fourth-order valence-corrected chi connectivity index (χ4v) is 7.85. The zero-order valence-corrected chi connectivity index (χ0v) is 31.4. The molecule has 0 saturated heterocycles. The fraction of sp³-hybridized carbons (Fsp3) is 0.333. The van der Waals surface area contributed by atoms with Crippen molar-refractivity contribution in [1.29, 1.82) is 0 Å². The van der Waals surface area contributed by atoms with Crippen LogP contribution in [0.2, 0.25) is 0 Å². The van der Waals surface area contributed by atoms with Crippen LogP contribution in [0.4, 0.5) is 0 Å². The Hall–Kier alpha value is -3.51. The summed E-state index contributed by atoms with van der Waals surface area (Å²) < 4.78 is 100. The van der Waals surface area contributed by atoms with E-state index < -0.39 is 30.1 Å². The van der Waals surface area contributed by atoms with Gasteiger partial charge in [0.1, 0.15) is 0 Å². The van der Waals surface area contributed by atoms with Crippen LogP contribution in [-0.4, -0.2) is 64.7 Å². The highest BCUT2D eigenvalue weighted by atomic mass is 32.2. The molecule has 0 heterocycles. The van der Waals surface area contributed by atoms with Crippen LogP contribution >= 0.6 is 0 Å². The molecule has 0 aromatic heterocycles. The Morgan fingerprint density at radius 3 is 0.882 bits per heavy atom. The first kappa shape index (κ1) is 40.3. The second-order valence-electron chi connectivity index (χ2n) is 11.9. The molecule has 0 unspecified atom stereocenters. The minimum absolute atomic E-state index is 0.0754. The van der Waals surface area contributed by atoms with Crippen molar-refractivity contribution in [1.82, 2.24) is 14.2 Å². The summed E-state index contributed by atoms with van der Waals surface area (Å²) in [7, 11) is -11.0. The SMILES string of the molecule is Cc1ccc(S(=O)(=O)NCCOCc2cc(COCCNS(=O)(=O)c3ccc(C)cc3)cc(COCCNS(=O)(=O)c3ccc(C)cc3)c2)cc1. The molecule has 0 atom stereocenters. The van der Waals surface area contributed by atoms with Crippen LogP contribution < -0.4 is 14.2 Å². The van der Waals surface area contributed by atoms with Crippen molar-refractivity contribution in [3.8, 4) is 0 Å². The van der Waals surface area contributed by atoms with Crippen molar-refractivity contribution in [2.24, 2.45) is 0 Å². The van der Waals surface area contributed by atoms with Gasteiger partial charge in [0.15, 0.2) is 0 Å². The quantitative estimate of drug-likeness (QED) is 0.106. The normalized spacial score (nSPS) is 12.3. The molecular formula is C36H45N3O9S3. The van der Waals surface area contributed by atoms with Crippen molar-refractivity contribution in [2.75, 3.05) is 39.5 Å². The van der Waals surface area contributed by atoms with Gasteiger partial charge in [0, 0.05) is 19.6 Å². The molecule has 0 bridgehead atoms. The van der Waals surface area contributed by atoms with Gasteiger partial charge in [-0.3, -0.25) is 0 Å². The third-order valence-corrected chi connectivity index (χ3v) is 12.0. The van der Waals surface area contributed by atoms with Gasteiger partial charge in [-0.1, -0.05) is 71.3 Å². The van der Waals surface area contributed by atoms with E-state index in [0.29, 0.717) is 0 Å². The number of hydrogen-bond donors (Lipinski definition) is 3. The smallest absolute Gasteiger partial charge is 0.240 e. The van der Waals surface area contributed by atoms with Crippen LogP contribution in [0, 0.1) is 20.8 Å². The van der Waals surface area contributed by atoms with E-state index in [4.69, 9.17) is 14.2 Å². The summed E-state index contributed by atoms with van der Waals surface area (Å²) in [6.07, 6.45) is 0. The van der Waals surface area contributed by atoms with E-state index in [1.54, 1.807) is 72.8 Å². The summed E-state index contributed by atoms with van der Waals surface area (Å²) >= 11 is 0. The van der Waals surface area contributed by atoms with E-state index in [1.807, 2.05) is 39.0 Å². The summed E-state index contributed by atoms with van der Waals surface area (Å²) in [5.41, 5.74) is 5.24. The van der Waals surface area contributed by atoms with Gasteiger partial charge in [0.25, 0.3) is 0 Å². The Kier molecular flexibility index (Phi) is 14.9. The third-order valence-electron chi connectivity index (χ3n) is 7.53. The topological polar surface area (TPSA) is 166 Å². The van der Waals surface area contributed by atoms with Crippen LogP contribution in [0.5, 0.6) is 0 Å².